The minimum absolute atomic E-state index is 0.136. The van der Waals surface area contributed by atoms with Crippen LogP contribution in [0.4, 0.5) is 0 Å². The molecular formula is C57H38. The Morgan fingerprint density at radius 1 is 0.281 bits per heavy atom. The topological polar surface area (TPSA) is 0 Å². The lowest BCUT2D eigenvalue weighted by Crippen LogP contribution is -2.16. The van der Waals surface area contributed by atoms with E-state index in [0.29, 0.717) is 0 Å². The molecule has 0 nitrogen and oxygen atoms in total. The standard InChI is InChI=1S/C57H38/c1-57(2)55-42(24-13-25-49(55)50-33-32-36-15-4-6-17-41(36)56(50)57)37-26-29-38(30-27-37)52-45-20-9-11-22-47(45)54(48-23-12-10-21-46(48)52)51-34-39-31-28-35-14-3-5-16-40(35)53(39)44-19-8-7-18-43(44)51/h3-34H,1-2H3. The molecule has 0 atom stereocenters. The third-order valence-corrected chi connectivity index (χ3v) is 13.0. The van der Waals surface area contributed by atoms with Crippen molar-refractivity contribution < 1.29 is 0 Å². The van der Waals surface area contributed by atoms with Gasteiger partial charge in [0.1, 0.15) is 0 Å². The number of fused-ring (bicyclic) bond motifs is 12. The highest BCUT2D eigenvalue weighted by molar-refractivity contribution is 6.28. The Morgan fingerprint density at radius 3 is 1.44 bits per heavy atom. The summed E-state index contributed by atoms with van der Waals surface area (Å²) < 4.78 is 0. The van der Waals surface area contributed by atoms with E-state index in [1.807, 2.05) is 0 Å². The van der Waals surface area contributed by atoms with Gasteiger partial charge in [0.25, 0.3) is 0 Å². The SMILES string of the molecule is CC1(C)c2c(-c3ccc(-c4c5ccccc5c(-c5cc6ccc7ccccc7c6c6ccccc56)c5ccccc45)cc3)cccc2-c2ccc3ccccc3c21. The summed E-state index contributed by atoms with van der Waals surface area (Å²) in [4.78, 5) is 0. The maximum atomic E-state index is 2.44. The van der Waals surface area contributed by atoms with Crippen molar-refractivity contribution in [2.75, 3.05) is 0 Å². The van der Waals surface area contributed by atoms with Crippen LogP contribution in [0.1, 0.15) is 25.0 Å². The fourth-order valence-electron chi connectivity index (χ4n) is 10.6. The van der Waals surface area contributed by atoms with E-state index in [4.69, 9.17) is 0 Å². The summed E-state index contributed by atoms with van der Waals surface area (Å²) in [5, 5.41) is 15.5. The summed E-state index contributed by atoms with van der Waals surface area (Å²) in [6.45, 7) is 4.81. The zero-order valence-corrected chi connectivity index (χ0v) is 32.0. The van der Waals surface area contributed by atoms with E-state index < -0.39 is 0 Å². The van der Waals surface area contributed by atoms with Crippen molar-refractivity contribution in [3.05, 3.63) is 205 Å². The lowest BCUT2D eigenvalue weighted by atomic mass is 9.77. The van der Waals surface area contributed by atoms with Gasteiger partial charge >= 0.3 is 0 Å². The molecular weight excluding hydrogens is 685 g/mol. The summed E-state index contributed by atoms with van der Waals surface area (Å²) in [6, 6.07) is 72.6. The summed E-state index contributed by atoms with van der Waals surface area (Å²) in [5.41, 5.74) is 13.1. The van der Waals surface area contributed by atoms with Crippen molar-refractivity contribution in [1.82, 2.24) is 0 Å². The van der Waals surface area contributed by atoms with Crippen LogP contribution < -0.4 is 0 Å². The van der Waals surface area contributed by atoms with Crippen LogP contribution in [0.25, 0.3) is 109 Å². The first-order valence-electron chi connectivity index (χ1n) is 20.1. The van der Waals surface area contributed by atoms with E-state index in [-0.39, 0.29) is 5.41 Å². The van der Waals surface area contributed by atoms with Crippen molar-refractivity contribution >= 4 is 64.6 Å². The molecule has 0 fully saturated rings. The minimum atomic E-state index is -0.136. The van der Waals surface area contributed by atoms with E-state index in [2.05, 4.69) is 208 Å². The Hall–Kier alpha value is -7.02. The molecule has 0 saturated carbocycles. The van der Waals surface area contributed by atoms with Crippen molar-refractivity contribution in [2.45, 2.75) is 19.3 Å². The molecule has 0 saturated heterocycles. The van der Waals surface area contributed by atoms with Gasteiger partial charge in [0.2, 0.25) is 0 Å². The Balaban J connectivity index is 1.06. The van der Waals surface area contributed by atoms with Crippen molar-refractivity contribution in [3.8, 4) is 44.5 Å². The zero-order valence-electron chi connectivity index (χ0n) is 32.0. The molecule has 0 heteroatoms. The second-order valence-electron chi connectivity index (χ2n) is 16.3. The molecule has 1 aliphatic carbocycles. The van der Waals surface area contributed by atoms with Crippen molar-refractivity contribution in [1.29, 1.82) is 0 Å². The average Bonchev–Trinajstić information content (AvgIpc) is 3.51. The van der Waals surface area contributed by atoms with Gasteiger partial charge in [-0.2, -0.15) is 0 Å². The van der Waals surface area contributed by atoms with Gasteiger partial charge in [-0.15, -0.1) is 0 Å². The lowest BCUT2D eigenvalue weighted by molar-refractivity contribution is 0.668. The molecule has 11 aromatic carbocycles. The molecule has 266 valence electrons. The average molecular weight is 723 g/mol. The predicted molar refractivity (Wildman–Crippen MR) is 245 cm³/mol. The monoisotopic (exact) mass is 722 g/mol. The Bertz CT molecular complexity index is 3410. The molecule has 0 aliphatic heterocycles. The second kappa shape index (κ2) is 12.0. The largest absolute Gasteiger partial charge is 0.0616 e. The summed E-state index contributed by atoms with van der Waals surface area (Å²) >= 11 is 0. The number of rotatable bonds is 3. The van der Waals surface area contributed by atoms with Gasteiger partial charge < -0.3 is 0 Å². The molecule has 0 aromatic heterocycles. The van der Waals surface area contributed by atoms with Crippen LogP contribution in [-0.4, -0.2) is 0 Å². The summed E-state index contributed by atoms with van der Waals surface area (Å²) in [6.07, 6.45) is 0. The third kappa shape index (κ3) is 4.56. The molecule has 0 bridgehead atoms. The van der Waals surface area contributed by atoms with Gasteiger partial charge in [-0.3, -0.25) is 0 Å². The van der Waals surface area contributed by atoms with E-state index >= 15 is 0 Å². The molecule has 0 unspecified atom stereocenters. The van der Waals surface area contributed by atoms with Crippen LogP contribution in [0.5, 0.6) is 0 Å². The summed E-state index contributed by atoms with van der Waals surface area (Å²) in [7, 11) is 0. The number of hydrogen-bond acceptors (Lipinski definition) is 0. The normalized spacial score (nSPS) is 13.2. The van der Waals surface area contributed by atoms with Gasteiger partial charge in [0.05, 0.1) is 0 Å². The highest BCUT2D eigenvalue weighted by Crippen LogP contribution is 2.54. The first kappa shape index (κ1) is 32.2. The molecule has 1 aliphatic rings. The lowest BCUT2D eigenvalue weighted by Gasteiger charge is -2.26. The quantitative estimate of drug-likeness (QED) is 0.126. The predicted octanol–water partition coefficient (Wildman–Crippen LogP) is 15.9. The van der Waals surface area contributed by atoms with Gasteiger partial charge in [-0.25, -0.2) is 0 Å². The Kier molecular flexibility index (Phi) is 6.78. The fourth-order valence-corrected chi connectivity index (χ4v) is 10.6. The summed E-state index contributed by atoms with van der Waals surface area (Å²) in [5.74, 6) is 0. The molecule has 11 aromatic rings. The van der Waals surface area contributed by atoms with Crippen LogP contribution in [0.2, 0.25) is 0 Å². The van der Waals surface area contributed by atoms with Crippen molar-refractivity contribution in [3.63, 3.8) is 0 Å². The van der Waals surface area contributed by atoms with Gasteiger partial charge in [-0.1, -0.05) is 202 Å². The van der Waals surface area contributed by atoms with E-state index in [1.165, 1.54) is 120 Å². The fraction of sp³-hybridized carbons (Fsp3) is 0.0526. The van der Waals surface area contributed by atoms with Crippen LogP contribution in [-0.2, 0) is 5.41 Å². The van der Waals surface area contributed by atoms with E-state index in [1.54, 1.807) is 0 Å². The maximum Gasteiger partial charge on any atom is 0.0171 e. The van der Waals surface area contributed by atoms with Gasteiger partial charge in [0, 0.05) is 5.41 Å². The first-order valence-corrected chi connectivity index (χ1v) is 20.1. The number of benzene rings is 11. The van der Waals surface area contributed by atoms with Crippen LogP contribution >= 0.6 is 0 Å². The van der Waals surface area contributed by atoms with Crippen LogP contribution in [0, 0.1) is 0 Å². The Morgan fingerprint density at radius 2 is 0.754 bits per heavy atom. The molecule has 57 heavy (non-hydrogen) atoms. The van der Waals surface area contributed by atoms with E-state index in [0.717, 1.165) is 0 Å². The van der Waals surface area contributed by atoms with E-state index in [9.17, 15) is 0 Å². The molecule has 0 heterocycles. The highest BCUT2D eigenvalue weighted by atomic mass is 14.4. The van der Waals surface area contributed by atoms with Crippen molar-refractivity contribution in [2.24, 2.45) is 0 Å². The molecule has 0 N–H and O–H groups in total. The Labute approximate surface area is 332 Å². The zero-order chi connectivity index (χ0) is 37.8. The van der Waals surface area contributed by atoms with Crippen LogP contribution in [0.15, 0.2) is 194 Å². The second-order valence-corrected chi connectivity index (χ2v) is 16.3. The maximum absolute atomic E-state index is 2.44. The smallest absolute Gasteiger partial charge is 0.0171 e. The molecule has 12 rings (SSSR count). The highest BCUT2D eigenvalue weighted by Gasteiger charge is 2.38. The number of hydrogen-bond donors (Lipinski definition) is 0. The third-order valence-electron chi connectivity index (χ3n) is 13.0. The van der Waals surface area contributed by atoms with Gasteiger partial charge in [-0.05, 0) is 126 Å². The molecule has 0 radical (unpaired) electrons. The first-order chi connectivity index (χ1) is 28.1. The van der Waals surface area contributed by atoms with Crippen LogP contribution in [0.3, 0.4) is 0 Å². The van der Waals surface area contributed by atoms with Gasteiger partial charge in [0.15, 0.2) is 0 Å². The minimum Gasteiger partial charge on any atom is -0.0616 e. The molecule has 0 amide bonds. The molecule has 0 spiro atoms.